The Bertz CT molecular complexity index is 374. The molecule has 0 N–H and O–H groups in total. The summed E-state index contributed by atoms with van der Waals surface area (Å²) >= 11 is 0. The number of benzene rings is 1. The smallest absolute Gasteiger partial charge is 0.253 e. The summed E-state index contributed by atoms with van der Waals surface area (Å²) in [6, 6.07) is 3.70. The van der Waals surface area contributed by atoms with Gasteiger partial charge in [0, 0.05) is 19.7 Å². The standard InChI is InChI=1S/C10H10FNO2/c1-12(2)10(14)7-3-4-9(11)8(5-7)6-13/h3-6H,1-2H3. The lowest BCUT2D eigenvalue weighted by Crippen LogP contribution is -2.21. The summed E-state index contributed by atoms with van der Waals surface area (Å²) in [5.74, 6) is -0.872. The molecule has 4 heteroatoms. The maximum atomic E-state index is 12.9. The Morgan fingerprint density at radius 1 is 1.43 bits per heavy atom. The molecular weight excluding hydrogens is 185 g/mol. The third-order valence-electron chi connectivity index (χ3n) is 1.78. The zero-order chi connectivity index (χ0) is 10.7. The Hall–Kier alpha value is -1.71. The van der Waals surface area contributed by atoms with Crippen LogP contribution in [0.25, 0.3) is 0 Å². The van der Waals surface area contributed by atoms with Crippen molar-refractivity contribution in [3.8, 4) is 0 Å². The molecule has 0 heterocycles. The fourth-order valence-electron chi connectivity index (χ4n) is 1.03. The SMILES string of the molecule is CN(C)C(=O)c1ccc(F)c(C=O)c1. The summed E-state index contributed by atoms with van der Waals surface area (Å²) in [5, 5.41) is 0. The molecule has 1 rings (SSSR count). The molecule has 0 unspecified atom stereocenters. The molecule has 0 aliphatic carbocycles. The number of amides is 1. The van der Waals surface area contributed by atoms with Gasteiger partial charge in [-0.3, -0.25) is 9.59 Å². The first-order valence-corrected chi connectivity index (χ1v) is 4.02. The third-order valence-corrected chi connectivity index (χ3v) is 1.78. The molecule has 0 bridgehead atoms. The van der Waals surface area contributed by atoms with Crippen LogP contribution in [0.15, 0.2) is 18.2 Å². The number of carbonyl (C=O) groups is 2. The zero-order valence-corrected chi connectivity index (χ0v) is 7.95. The number of hydrogen-bond acceptors (Lipinski definition) is 2. The van der Waals surface area contributed by atoms with E-state index < -0.39 is 5.82 Å². The first kappa shape index (κ1) is 10.4. The molecule has 0 atom stereocenters. The van der Waals surface area contributed by atoms with E-state index in [0.29, 0.717) is 11.8 Å². The molecule has 0 fully saturated rings. The van der Waals surface area contributed by atoms with Crippen LogP contribution in [0.3, 0.4) is 0 Å². The highest BCUT2D eigenvalue weighted by Gasteiger charge is 2.10. The van der Waals surface area contributed by atoms with Crippen molar-refractivity contribution in [2.24, 2.45) is 0 Å². The fraction of sp³-hybridized carbons (Fsp3) is 0.200. The molecule has 1 amide bonds. The van der Waals surface area contributed by atoms with Gasteiger partial charge in [-0.05, 0) is 18.2 Å². The van der Waals surface area contributed by atoms with E-state index in [-0.39, 0.29) is 11.5 Å². The zero-order valence-electron chi connectivity index (χ0n) is 7.95. The van der Waals surface area contributed by atoms with Crippen LogP contribution in [-0.4, -0.2) is 31.2 Å². The van der Waals surface area contributed by atoms with E-state index in [1.807, 2.05) is 0 Å². The summed E-state index contributed by atoms with van der Waals surface area (Å²) in [4.78, 5) is 23.2. The fourth-order valence-corrected chi connectivity index (χ4v) is 1.03. The molecule has 0 aliphatic rings. The summed E-state index contributed by atoms with van der Waals surface area (Å²) in [7, 11) is 3.18. The number of aldehydes is 1. The van der Waals surface area contributed by atoms with Crippen molar-refractivity contribution in [1.29, 1.82) is 0 Å². The monoisotopic (exact) mass is 195 g/mol. The second-order valence-corrected chi connectivity index (χ2v) is 3.05. The van der Waals surface area contributed by atoms with Crippen molar-refractivity contribution in [2.75, 3.05) is 14.1 Å². The quantitative estimate of drug-likeness (QED) is 0.668. The van der Waals surface area contributed by atoms with Crippen LogP contribution in [0.1, 0.15) is 20.7 Å². The van der Waals surface area contributed by atoms with Crippen LogP contribution >= 0.6 is 0 Å². The van der Waals surface area contributed by atoms with Gasteiger partial charge >= 0.3 is 0 Å². The van der Waals surface area contributed by atoms with Crippen LogP contribution in [-0.2, 0) is 0 Å². The average molecular weight is 195 g/mol. The van der Waals surface area contributed by atoms with E-state index in [1.165, 1.54) is 17.0 Å². The van der Waals surface area contributed by atoms with Crippen molar-refractivity contribution < 1.29 is 14.0 Å². The van der Waals surface area contributed by atoms with Gasteiger partial charge in [-0.2, -0.15) is 0 Å². The van der Waals surface area contributed by atoms with Crippen LogP contribution in [0.4, 0.5) is 4.39 Å². The van der Waals surface area contributed by atoms with Crippen LogP contribution in [0, 0.1) is 5.82 Å². The molecule has 0 aromatic heterocycles. The summed E-state index contributed by atoms with van der Waals surface area (Å²) in [6.45, 7) is 0. The van der Waals surface area contributed by atoms with Crippen molar-refractivity contribution in [3.05, 3.63) is 35.1 Å². The molecule has 0 spiro atoms. The molecule has 1 aromatic rings. The molecule has 0 saturated carbocycles. The van der Waals surface area contributed by atoms with E-state index in [2.05, 4.69) is 0 Å². The van der Waals surface area contributed by atoms with Gasteiger partial charge in [0.05, 0.1) is 5.56 Å². The number of halogens is 1. The molecule has 0 saturated heterocycles. The largest absolute Gasteiger partial charge is 0.345 e. The van der Waals surface area contributed by atoms with Crippen LogP contribution in [0.5, 0.6) is 0 Å². The maximum Gasteiger partial charge on any atom is 0.253 e. The van der Waals surface area contributed by atoms with Gasteiger partial charge < -0.3 is 4.90 Å². The van der Waals surface area contributed by atoms with Crippen molar-refractivity contribution >= 4 is 12.2 Å². The van der Waals surface area contributed by atoms with E-state index in [1.54, 1.807) is 14.1 Å². The minimum absolute atomic E-state index is 0.0994. The van der Waals surface area contributed by atoms with Gasteiger partial charge in [0.2, 0.25) is 0 Å². The first-order valence-electron chi connectivity index (χ1n) is 4.02. The highest BCUT2D eigenvalue weighted by Crippen LogP contribution is 2.09. The van der Waals surface area contributed by atoms with Gasteiger partial charge in [-0.1, -0.05) is 0 Å². The van der Waals surface area contributed by atoms with Crippen molar-refractivity contribution in [2.45, 2.75) is 0 Å². The van der Waals surface area contributed by atoms with Crippen LogP contribution < -0.4 is 0 Å². The number of nitrogens with zero attached hydrogens (tertiary/aromatic N) is 1. The number of hydrogen-bond donors (Lipinski definition) is 0. The normalized spacial score (nSPS) is 9.64. The maximum absolute atomic E-state index is 12.9. The Labute approximate surface area is 81.1 Å². The van der Waals surface area contributed by atoms with Gasteiger partial charge in [-0.25, -0.2) is 4.39 Å². The minimum Gasteiger partial charge on any atom is -0.345 e. The molecule has 1 aromatic carbocycles. The lowest BCUT2D eigenvalue weighted by molar-refractivity contribution is 0.0827. The Kier molecular flexibility index (Phi) is 2.96. The van der Waals surface area contributed by atoms with E-state index >= 15 is 0 Å². The first-order chi connectivity index (χ1) is 6.56. The number of rotatable bonds is 2. The minimum atomic E-state index is -0.615. The topological polar surface area (TPSA) is 37.4 Å². The van der Waals surface area contributed by atoms with Gasteiger partial charge in [0.15, 0.2) is 6.29 Å². The summed E-state index contributed by atoms with van der Waals surface area (Å²) < 4.78 is 12.9. The second-order valence-electron chi connectivity index (χ2n) is 3.05. The molecule has 14 heavy (non-hydrogen) atoms. The summed E-state index contributed by atoms with van der Waals surface area (Å²) in [6.07, 6.45) is 0.391. The average Bonchev–Trinajstić information content (AvgIpc) is 2.17. The predicted molar refractivity (Wildman–Crippen MR) is 49.8 cm³/mol. The number of carbonyl (C=O) groups excluding carboxylic acids is 2. The highest BCUT2D eigenvalue weighted by molar-refractivity contribution is 5.95. The van der Waals surface area contributed by atoms with Gasteiger partial charge in [0.25, 0.3) is 5.91 Å². The molecule has 3 nitrogen and oxygen atoms in total. The Morgan fingerprint density at radius 2 is 2.07 bits per heavy atom. The van der Waals surface area contributed by atoms with Gasteiger partial charge in [-0.15, -0.1) is 0 Å². The molecule has 74 valence electrons. The van der Waals surface area contributed by atoms with Crippen molar-refractivity contribution in [1.82, 2.24) is 4.90 Å². The Balaban J connectivity index is 3.12. The summed E-state index contributed by atoms with van der Waals surface area (Å²) in [5.41, 5.74) is 0.205. The van der Waals surface area contributed by atoms with E-state index in [0.717, 1.165) is 6.07 Å². The van der Waals surface area contributed by atoms with Crippen molar-refractivity contribution in [3.63, 3.8) is 0 Å². The van der Waals surface area contributed by atoms with Crippen LogP contribution in [0.2, 0.25) is 0 Å². The molecule has 0 radical (unpaired) electrons. The van der Waals surface area contributed by atoms with E-state index in [9.17, 15) is 14.0 Å². The molecule has 0 aliphatic heterocycles. The molecular formula is C10H10FNO2. The lowest BCUT2D eigenvalue weighted by atomic mass is 10.1. The second kappa shape index (κ2) is 4.00. The highest BCUT2D eigenvalue weighted by atomic mass is 19.1. The van der Waals surface area contributed by atoms with E-state index in [4.69, 9.17) is 0 Å². The Morgan fingerprint density at radius 3 is 2.57 bits per heavy atom. The van der Waals surface area contributed by atoms with Gasteiger partial charge in [0.1, 0.15) is 5.82 Å². The lowest BCUT2D eigenvalue weighted by Gasteiger charge is -2.10. The predicted octanol–water partition coefficient (Wildman–Crippen LogP) is 1.34. The third kappa shape index (κ3) is 1.96.